The number of hydrogen-bond donors (Lipinski definition) is 2. The number of hydrogen-bond acceptors (Lipinski definition) is 7. The minimum Gasteiger partial charge on any atom is -0.455 e. The molecule has 2 N–H and O–H groups in total. The first kappa shape index (κ1) is 33.2. The van der Waals surface area contributed by atoms with Crippen molar-refractivity contribution in [2.45, 2.75) is 93.8 Å². The maximum Gasteiger partial charge on any atom is 0.313 e. The van der Waals surface area contributed by atoms with Crippen molar-refractivity contribution < 1.29 is 33.8 Å². The maximum atomic E-state index is 15.0. The lowest BCUT2D eigenvalue weighted by Gasteiger charge is -2.41. The molecule has 3 fully saturated rings. The summed E-state index contributed by atoms with van der Waals surface area (Å²) in [7, 11) is 0. The number of cyclic esters (lactones) is 1. The fraction of sp³-hybridized carbons (Fsp3) is 0.487. The number of nitrogens with one attached hydrogen (secondary N) is 1. The lowest BCUT2D eigenvalue weighted by molar-refractivity contribution is -0.162. The SMILES string of the molecule is C[C@H]1NC(=O)CC/C=C\[C@H]2O[C@]34C=CCN(C5CCCCC5)C(=O)[C@H]3N([C@H](CO)c3ccccc3)C(=O)[C@@H]4[C@H]2C(=O)O[C@@H]1c1ccccc1. The normalized spacial score (nSPS) is 33.7. The minimum atomic E-state index is -1.49. The zero-order valence-corrected chi connectivity index (χ0v) is 27.9. The predicted molar refractivity (Wildman–Crippen MR) is 180 cm³/mol. The van der Waals surface area contributed by atoms with E-state index in [0.29, 0.717) is 24.1 Å². The Labute approximate surface area is 287 Å². The van der Waals surface area contributed by atoms with Gasteiger partial charge < -0.3 is 29.7 Å². The summed E-state index contributed by atoms with van der Waals surface area (Å²) in [5.41, 5.74) is -0.0958. The summed E-state index contributed by atoms with van der Waals surface area (Å²) in [4.78, 5) is 60.8. The molecule has 3 amide bonds. The maximum absolute atomic E-state index is 15.0. The molecule has 8 atom stereocenters. The molecule has 0 bridgehead atoms. The van der Waals surface area contributed by atoms with Gasteiger partial charge in [-0.25, -0.2) is 0 Å². The number of benzene rings is 2. The van der Waals surface area contributed by atoms with Crippen LogP contribution in [0.2, 0.25) is 0 Å². The first-order valence-electron chi connectivity index (χ1n) is 17.7. The first-order chi connectivity index (χ1) is 23.8. The van der Waals surface area contributed by atoms with Crippen molar-refractivity contribution in [2.24, 2.45) is 11.8 Å². The van der Waals surface area contributed by atoms with E-state index in [1.807, 2.05) is 77.7 Å². The van der Waals surface area contributed by atoms with Gasteiger partial charge in [-0.1, -0.05) is 104 Å². The Morgan fingerprint density at radius 2 is 1.65 bits per heavy atom. The van der Waals surface area contributed by atoms with E-state index in [1.165, 1.54) is 4.90 Å². The average Bonchev–Trinajstić information content (AvgIpc) is 3.51. The van der Waals surface area contributed by atoms with Crippen LogP contribution in [0.4, 0.5) is 0 Å². The second kappa shape index (κ2) is 13.9. The van der Waals surface area contributed by atoms with Crippen LogP contribution in [0.25, 0.3) is 0 Å². The number of carbonyl (C=O) groups excluding carboxylic acids is 4. The van der Waals surface area contributed by atoms with Gasteiger partial charge in [0.2, 0.25) is 17.7 Å². The van der Waals surface area contributed by atoms with E-state index in [1.54, 1.807) is 19.1 Å². The average molecular weight is 668 g/mol. The van der Waals surface area contributed by atoms with Gasteiger partial charge in [0, 0.05) is 19.0 Å². The molecule has 4 heterocycles. The molecule has 258 valence electrons. The zero-order chi connectivity index (χ0) is 34.1. The summed E-state index contributed by atoms with van der Waals surface area (Å²) in [6.07, 6.45) is 11.1. The number of fused-ring (bicyclic) bond motifs is 2. The number of allylic oxidation sites excluding steroid dienone is 1. The number of esters is 1. The van der Waals surface area contributed by atoms with Crippen molar-refractivity contribution in [2.75, 3.05) is 13.2 Å². The Balaban J connectivity index is 1.34. The van der Waals surface area contributed by atoms with Gasteiger partial charge in [-0.15, -0.1) is 0 Å². The van der Waals surface area contributed by atoms with E-state index in [0.717, 1.165) is 32.1 Å². The van der Waals surface area contributed by atoms with E-state index in [-0.39, 0.29) is 24.3 Å². The number of carbonyl (C=O) groups is 4. The monoisotopic (exact) mass is 667 g/mol. The predicted octanol–water partition coefficient (Wildman–Crippen LogP) is 4.17. The summed E-state index contributed by atoms with van der Waals surface area (Å²) in [5.74, 6) is -3.65. The third-order valence-corrected chi connectivity index (χ3v) is 11.0. The van der Waals surface area contributed by atoms with E-state index in [9.17, 15) is 19.5 Å². The molecule has 4 aliphatic heterocycles. The highest BCUT2D eigenvalue weighted by molar-refractivity contribution is 5.99. The summed E-state index contributed by atoms with van der Waals surface area (Å²) in [5, 5.41) is 13.8. The molecule has 0 unspecified atom stereocenters. The highest BCUT2D eigenvalue weighted by Crippen LogP contribution is 2.55. The Morgan fingerprint density at radius 1 is 0.939 bits per heavy atom. The van der Waals surface area contributed by atoms with Gasteiger partial charge in [0.1, 0.15) is 23.7 Å². The van der Waals surface area contributed by atoms with Gasteiger partial charge in [-0.05, 0) is 37.3 Å². The highest BCUT2D eigenvalue weighted by atomic mass is 16.6. The van der Waals surface area contributed by atoms with Gasteiger partial charge in [-0.3, -0.25) is 19.2 Å². The Bertz CT molecular complexity index is 1610. The van der Waals surface area contributed by atoms with Crippen LogP contribution >= 0.6 is 0 Å². The van der Waals surface area contributed by atoms with Crippen LogP contribution in [0.5, 0.6) is 0 Å². The molecule has 2 aromatic carbocycles. The molecule has 49 heavy (non-hydrogen) atoms. The number of aliphatic hydroxyl groups excluding tert-OH is 1. The molecule has 2 saturated heterocycles. The van der Waals surface area contributed by atoms with Crippen molar-refractivity contribution in [3.8, 4) is 0 Å². The molecule has 0 aromatic heterocycles. The van der Waals surface area contributed by atoms with Crippen LogP contribution in [0.15, 0.2) is 85.0 Å². The molecular formula is C39H45N3O7. The second-order valence-corrected chi connectivity index (χ2v) is 14.0. The largest absolute Gasteiger partial charge is 0.455 e. The van der Waals surface area contributed by atoms with Gasteiger partial charge in [0.25, 0.3) is 0 Å². The molecule has 2 aromatic rings. The van der Waals surface area contributed by atoms with Gasteiger partial charge in [-0.2, -0.15) is 0 Å². The van der Waals surface area contributed by atoms with Crippen molar-refractivity contribution in [3.63, 3.8) is 0 Å². The van der Waals surface area contributed by atoms with E-state index >= 15 is 4.79 Å². The fourth-order valence-corrected chi connectivity index (χ4v) is 8.75. The summed E-state index contributed by atoms with van der Waals surface area (Å²) in [6.45, 7) is 1.75. The Morgan fingerprint density at radius 3 is 2.37 bits per heavy atom. The van der Waals surface area contributed by atoms with Gasteiger partial charge in [0.05, 0.1) is 30.7 Å². The van der Waals surface area contributed by atoms with Crippen LogP contribution in [0.1, 0.15) is 75.1 Å². The smallest absolute Gasteiger partial charge is 0.313 e. The first-order valence-corrected chi connectivity index (χ1v) is 17.7. The molecule has 10 heteroatoms. The molecule has 10 nitrogen and oxygen atoms in total. The quantitative estimate of drug-likeness (QED) is 0.362. The molecule has 1 spiro atoms. The number of aliphatic hydroxyl groups is 1. The fourth-order valence-electron chi connectivity index (χ4n) is 8.75. The zero-order valence-electron chi connectivity index (χ0n) is 27.9. The van der Waals surface area contributed by atoms with Crippen molar-refractivity contribution >= 4 is 23.7 Å². The van der Waals surface area contributed by atoms with Crippen molar-refractivity contribution in [3.05, 3.63) is 96.1 Å². The Hall–Kier alpha value is -4.28. The second-order valence-electron chi connectivity index (χ2n) is 14.0. The van der Waals surface area contributed by atoms with Crippen molar-refractivity contribution in [1.82, 2.24) is 15.1 Å². The summed E-state index contributed by atoms with van der Waals surface area (Å²) >= 11 is 0. The third-order valence-electron chi connectivity index (χ3n) is 11.0. The van der Waals surface area contributed by atoms with Crippen LogP contribution in [-0.4, -0.2) is 81.6 Å². The van der Waals surface area contributed by atoms with Gasteiger partial charge >= 0.3 is 5.97 Å². The van der Waals surface area contributed by atoms with Crippen LogP contribution in [-0.2, 0) is 28.7 Å². The lowest BCUT2D eigenvalue weighted by Crippen LogP contribution is -2.58. The van der Waals surface area contributed by atoms with E-state index < -0.39 is 66.3 Å². The van der Waals surface area contributed by atoms with Crippen LogP contribution in [0.3, 0.4) is 0 Å². The standard InChI is InChI=1S/C39H45N3O7/c1-25-34(27-16-7-3-8-17-27)48-38(47)32-30(20-11-12-21-31(44)40-25)49-39-22-13-23-41(28-18-9-4-10-19-28)37(46)35(39)42(36(45)33(32)39)29(24-43)26-14-5-2-6-15-26/h2-3,5-8,11,13-17,20,22,25,28-30,32-35,43H,4,9-10,12,18-19,21,23-24H2,1H3,(H,40,44)/b20-11-/t25-,29-,30-,32+,33+,34+,35-,39+/m1/s1. The molecule has 1 saturated carbocycles. The van der Waals surface area contributed by atoms with Crippen molar-refractivity contribution in [1.29, 1.82) is 0 Å². The highest BCUT2D eigenvalue weighted by Gasteiger charge is 2.73. The van der Waals surface area contributed by atoms with Crippen LogP contribution < -0.4 is 5.32 Å². The molecule has 5 aliphatic rings. The molecule has 7 rings (SSSR count). The topological polar surface area (TPSA) is 125 Å². The summed E-state index contributed by atoms with van der Waals surface area (Å²) < 4.78 is 13.2. The van der Waals surface area contributed by atoms with E-state index in [2.05, 4.69) is 5.32 Å². The minimum absolute atomic E-state index is 0.0268. The number of likely N-dealkylation sites (tertiary alicyclic amines) is 1. The van der Waals surface area contributed by atoms with Gasteiger partial charge in [0.15, 0.2) is 0 Å². The Kier molecular flexibility index (Phi) is 9.44. The molecule has 0 radical (unpaired) electrons. The number of ether oxygens (including phenoxy) is 2. The summed E-state index contributed by atoms with van der Waals surface area (Å²) in [6, 6.07) is 16.0. The van der Waals surface area contributed by atoms with Crippen LogP contribution in [0, 0.1) is 11.8 Å². The number of rotatable bonds is 5. The third kappa shape index (κ3) is 5.99. The number of amides is 3. The molecular weight excluding hydrogens is 622 g/mol. The number of nitrogens with zero attached hydrogens (tertiary/aromatic N) is 2. The van der Waals surface area contributed by atoms with E-state index in [4.69, 9.17) is 9.47 Å². The lowest BCUT2D eigenvalue weighted by atomic mass is 9.77. The molecule has 1 aliphatic carbocycles.